The first kappa shape index (κ1) is 34.2. The third kappa shape index (κ3) is 5.23. The van der Waals surface area contributed by atoms with Gasteiger partial charge in [0, 0.05) is 50.4 Å². The van der Waals surface area contributed by atoms with Crippen molar-refractivity contribution in [3.8, 4) is 33.6 Å². The zero-order valence-corrected chi connectivity index (χ0v) is 32.6. The van der Waals surface area contributed by atoms with E-state index in [9.17, 15) is 0 Å². The molecule has 11 aromatic rings. The molecular weight excluding hydrogens is 731 g/mol. The molecule has 0 bridgehead atoms. The van der Waals surface area contributed by atoms with Gasteiger partial charge in [0.05, 0.1) is 5.41 Å². The number of hydrogen-bond acceptors (Lipinski definition) is 3. The van der Waals surface area contributed by atoms with Crippen molar-refractivity contribution in [3.05, 3.63) is 247 Å². The summed E-state index contributed by atoms with van der Waals surface area (Å²) in [6.45, 7) is 0. The Bertz CT molecular complexity index is 3310. The molecule has 0 atom stereocenters. The van der Waals surface area contributed by atoms with Gasteiger partial charge in [-0.1, -0.05) is 164 Å². The number of fused-ring (bicyclic) bond motifs is 8. The fourth-order valence-corrected chi connectivity index (χ4v) is 9.65. The molecule has 0 amide bonds. The molecule has 1 aliphatic rings. The lowest BCUT2D eigenvalue weighted by molar-refractivity contribution is 0.628. The minimum atomic E-state index is -0.576. The van der Waals surface area contributed by atoms with Crippen molar-refractivity contribution >= 4 is 50.0 Å². The largest absolute Gasteiger partial charge is 0.456 e. The molecule has 2 heterocycles. The SMILES string of the molecule is c1ccc(-c2ccc(N(c3ccc(-c4ccc5c(c4)C(c4ccccc4)(c4ccccc4)c4c-5oc5ccccc45)cc3)c3ccc4c(c3)oc3ccccc34)cc2)cc1. The molecule has 0 spiro atoms. The van der Waals surface area contributed by atoms with Gasteiger partial charge in [-0.2, -0.15) is 0 Å². The summed E-state index contributed by atoms with van der Waals surface area (Å²) in [7, 11) is 0. The molecular formula is C57H37NO2. The highest BCUT2D eigenvalue weighted by atomic mass is 16.3. The molecule has 2 aromatic heterocycles. The second-order valence-electron chi connectivity index (χ2n) is 15.6. The lowest BCUT2D eigenvalue weighted by atomic mass is 9.67. The summed E-state index contributed by atoms with van der Waals surface area (Å²) in [5, 5.41) is 3.37. The van der Waals surface area contributed by atoms with Crippen LogP contribution in [0.1, 0.15) is 22.3 Å². The molecule has 1 aliphatic carbocycles. The number of rotatable bonds is 7. The molecule has 3 heteroatoms. The lowest BCUT2D eigenvalue weighted by Crippen LogP contribution is -2.28. The third-order valence-electron chi connectivity index (χ3n) is 12.4. The lowest BCUT2D eigenvalue weighted by Gasteiger charge is -2.33. The Balaban J connectivity index is 0.997. The van der Waals surface area contributed by atoms with Crippen LogP contribution in [-0.2, 0) is 5.41 Å². The average molecular weight is 768 g/mol. The molecule has 0 aliphatic heterocycles. The normalized spacial score (nSPS) is 12.8. The number of benzene rings is 9. The zero-order chi connectivity index (χ0) is 39.6. The average Bonchev–Trinajstić information content (AvgIpc) is 3.98. The summed E-state index contributed by atoms with van der Waals surface area (Å²) >= 11 is 0. The maximum Gasteiger partial charge on any atom is 0.140 e. The van der Waals surface area contributed by atoms with Crippen molar-refractivity contribution in [1.29, 1.82) is 0 Å². The van der Waals surface area contributed by atoms with E-state index in [0.717, 1.165) is 72.4 Å². The quantitative estimate of drug-likeness (QED) is 0.162. The van der Waals surface area contributed by atoms with E-state index < -0.39 is 5.41 Å². The Labute approximate surface area is 348 Å². The monoisotopic (exact) mass is 767 g/mol. The number of hydrogen-bond donors (Lipinski definition) is 0. The van der Waals surface area contributed by atoms with Crippen molar-refractivity contribution in [2.75, 3.05) is 4.90 Å². The molecule has 3 nitrogen and oxygen atoms in total. The summed E-state index contributed by atoms with van der Waals surface area (Å²) in [5.74, 6) is 0.941. The smallest absolute Gasteiger partial charge is 0.140 e. The number of para-hydroxylation sites is 2. The Morgan fingerprint density at radius 1 is 0.333 bits per heavy atom. The third-order valence-corrected chi connectivity index (χ3v) is 12.4. The second kappa shape index (κ2) is 13.6. The van der Waals surface area contributed by atoms with E-state index in [0.29, 0.717) is 0 Å². The fraction of sp³-hybridized carbons (Fsp3) is 0.0175. The molecule has 12 rings (SSSR count). The summed E-state index contributed by atoms with van der Waals surface area (Å²) in [5.41, 5.74) is 15.8. The number of nitrogens with zero attached hydrogens (tertiary/aromatic N) is 1. The van der Waals surface area contributed by atoms with E-state index >= 15 is 0 Å². The van der Waals surface area contributed by atoms with Gasteiger partial charge < -0.3 is 13.7 Å². The van der Waals surface area contributed by atoms with Crippen molar-refractivity contribution in [3.63, 3.8) is 0 Å². The highest BCUT2D eigenvalue weighted by Crippen LogP contribution is 2.59. The molecule has 0 radical (unpaired) electrons. The Kier molecular flexibility index (Phi) is 7.76. The highest BCUT2D eigenvalue weighted by molar-refractivity contribution is 6.06. The second-order valence-corrected chi connectivity index (χ2v) is 15.6. The van der Waals surface area contributed by atoms with Gasteiger partial charge in [0.1, 0.15) is 22.5 Å². The highest BCUT2D eigenvalue weighted by Gasteiger charge is 2.49. The van der Waals surface area contributed by atoms with Crippen molar-refractivity contribution in [2.45, 2.75) is 5.41 Å². The minimum absolute atomic E-state index is 0.576. The van der Waals surface area contributed by atoms with Crippen LogP contribution in [0.15, 0.2) is 233 Å². The van der Waals surface area contributed by atoms with Crippen LogP contribution < -0.4 is 4.90 Å². The predicted molar refractivity (Wildman–Crippen MR) is 246 cm³/mol. The van der Waals surface area contributed by atoms with Crippen LogP contribution >= 0.6 is 0 Å². The van der Waals surface area contributed by atoms with Crippen LogP contribution in [0, 0.1) is 0 Å². The Hall–Kier alpha value is -7.88. The van der Waals surface area contributed by atoms with E-state index in [2.05, 4.69) is 217 Å². The van der Waals surface area contributed by atoms with E-state index in [1.54, 1.807) is 0 Å². The van der Waals surface area contributed by atoms with Gasteiger partial charge in [-0.25, -0.2) is 0 Å². The molecule has 0 N–H and O–H groups in total. The number of furan rings is 2. The molecule has 0 unspecified atom stereocenters. The molecule has 60 heavy (non-hydrogen) atoms. The van der Waals surface area contributed by atoms with Crippen LogP contribution in [0.2, 0.25) is 0 Å². The standard InChI is InChI=1S/C57H37NO2/c1-4-14-38(15-5-1)39-24-29-44(30-25-39)58(46-33-35-48-47-20-10-12-22-52(47)59-54(48)37-46)45-31-26-40(27-32-45)41-28-34-49-51(36-41)57(42-16-6-2-7-17-42,43-18-8-3-9-19-43)55-50-21-11-13-23-53(50)60-56(49)55/h1-37H. The van der Waals surface area contributed by atoms with Crippen molar-refractivity contribution < 1.29 is 8.83 Å². The van der Waals surface area contributed by atoms with E-state index in [4.69, 9.17) is 8.83 Å². The zero-order valence-electron chi connectivity index (χ0n) is 32.6. The molecule has 0 saturated carbocycles. The Morgan fingerprint density at radius 3 is 1.47 bits per heavy atom. The molecule has 0 saturated heterocycles. The van der Waals surface area contributed by atoms with Gasteiger partial charge in [0.15, 0.2) is 0 Å². The van der Waals surface area contributed by atoms with E-state index in [-0.39, 0.29) is 0 Å². The Morgan fingerprint density at radius 2 is 0.817 bits per heavy atom. The summed E-state index contributed by atoms with van der Waals surface area (Å²) < 4.78 is 13.2. The van der Waals surface area contributed by atoms with Crippen LogP contribution in [0.3, 0.4) is 0 Å². The van der Waals surface area contributed by atoms with Crippen LogP contribution in [-0.4, -0.2) is 0 Å². The maximum absolute atomic E-state index is 6.77. The van der Waals surface area contributed by atoms with Crippen LogP contribution in [0.25, 0.3) is 66.5 Å². The maximum atomic E-state index is 6.77. The first-order valence-corrected chi connectivity index (χ1v) is 20.5. The van der Waals surface area contributed by atoms with Crippen molar-refractivity contribution in [2.24, 2.45) is 0 Å². The first-order chi connectivity index (χ1) is 29.7. The minimum Gasteiger partial charge on any atom is -0.456 e. The summed E-state index contributed by atoms with van der Waals surface area (Å²) in [6, 6.07) is 80.3. The van der Waals surface area contributed by atoms with Gasteiger partial charge in [0.25, 0.3) is 0 Å². The van der Waals surface area contributed by atoms with E-state index in [1.165, 1.54) is 33.4 Å². The van der Waals surface area contributed by atoms with Gasteiger partial charge in [-0.15, -0.1) is 0 Å². The first-order valence-electron chi connectivity index (χ1n) is 20.5. The van der Waals surface area contributed by atoms with Gasteiger partial charge in [0.2, 0.25) is 0 Å². The molecule has 282 valence electrons. The number of anilines is 3. The summed E-state index contributed by atoms with van der Waals surface area (Å²) in [6.07, 6.45) is 0. The van der Waals surface area contributed by atoms with Crippen molar-refractivity contribution in [1.82, 2.24) is 0 Å². The molecule has 9 aromatic carbocycles. The van der Waals surface area contributed by atoms with Crippen LogP contribution in [0.5, 0.6) is 0 Å². The summed E-state index contributed by atoms with van der Waals surface area (Å²) in [4.78, 5) is 2.31. The van der Waals surface area contributed by atoms with Gasteiger partial charge in [-0.3, -0.25) is 0 Å². The fourth-order valence-electron chi connectivity index (χ4n) is 9.65. The van der Waals surface area contributed by atoms with Gasteiger partial charge >= 0.3 is 0 Å². The van der Waals surface area contributed by atoms with Gasteiger partial charge in [-0.05, 0) is 93.5 Å². The topological polar surface area (TPSA) is 29.5 Å². The van der Waals surface area contributed by atoms with E-state index in [1.807, 2.05) is 12.1 Å². The predicted octanol–water partition coefficient (Wildman–Crippen LogP) is 15.5. The van der Waals surface area contributed by atoms with Crippen LogP contribution in [0.4, 0.5) is 17.1 Å². The molecule has 0 fully saturated rings.